The topological polar surface area (TPSA) is 116 Å². The summed E-state index contributed by atoms with van der Waals surface area (Å²) in [6.45, 7) is 1.90. The standard InChI is InChI=1S/C16H18N6O3S/c1-26(23,24)13-6-4-11(5-7-13)14-19-16(25-21-14)15-18-10-22(20-15)12-3-2-8-17-9-12/h4-7,10,12,17H,2-3,8-9H2,1H3. The maximum Gasteiger partial charge on any atom is 0.297 e. The van der Waals surface area contributed by atoms with Crippen LogP contribution in [0.3, 0.4) is 0 Å². The predicted octanol–water partition coefficient (Wildman–Crippen LogP) is 1.32. The lowest BCUT2D eigenvalue weighted by Gasteiger charge is -2.22. The Balaban J connectivity index is 1.55. The van der Waals surface area contributed by atoms with E-state index in [1.54, 1.807) is 18.5 Å². The van der Waals surface area contributed by atoms with Crippen molar-refractivity contribution in [2.75, 3.05) is 19.3 Å². The van der Waals surface area contributed by atoms with Gasteiger partial charge in [-0.1, -0.05) is 5.16 Å². The van der Waals surface area contributed by atoms with E-state index >= 15 is 0 Å². The van der Waals surface area contributed by atoms with E-state index in [-0.39, 0.29) is 16.8 Å². The number of rotatable bonds is 4. The lowest BCUT2D eigenvalue weighted by Crippen LogP contribution is -2.31. The summed E-state index contributed by atoms with van der Waals surface area (Å²) in [6, 6.07) is 6.60. The predicted molar refractivity (Wildman–Crippen MR) is 93.0 cm³/mol. The van der Waals surface area contributed by atoms with Crippen molar-refractivity contribution >= 4 is 9.84 Å². The van der Waals surface area contributed by atoms with E-state index in [1.165, 1.54) is 12.1 Å². The lowest BCUT2D eigenvalue weighted by molar-refractivity contribution is 0.345. The van der Waals surface area contributed by atoms with Crippen LogP contribution in [0.1, 0.15) is 18.9 Å². The second kappa shape index (κ2) is 6.61. The van der Waals surface area contributed by atoms with Crippen LogP contribution in [0.25, 0.3) is 23.1 Å². The van der Waals surface area contributed by atoms with E-state index in [0.717, 1.165) is 32.2 Å². The van der Waals surface area contributed by atoms with Gasteiger partial charge in [-0.25, -0.2) is 18.1 Å². The van der Waals surface area contributed by atoms with Gasteiger partial charge in [0.15, 0.2) is 9.84 Å². The van der Waals surface area contributed by atoms with Crippen LogP contribution >= 0.6 is 0 Å². The molecule has 0 spiro atoms. The van der Waals surface area contributed by atoms with E-state index in [0.29, 0.717) is 17.2 Å². The molecule has 3 heterocycles. The van der Waals surface area contributed by atoms with Gasteiger partial charge in [0, 0.05) is 18.4 Å². The normalized spacial score (nSPS) is 18.1. The molecule has 4 rings (SSSR count). The number of aromatic nitrogens is 5. The fourth-order valence-electron chi connectivity index (χ4n) is 2.89. The third kappa shape index (κ3) is 3.37. The summed E-state index contributed by atoms with van der Waals surface area (Å²) in [7, 11) is -3.24. The molecule has 3 aromatic rings. The maximum atomic E-state index is 11.5. The summed E-state index contributed by atoms with van der Waals surface area (Å²) in [5.41, 5.74) is 0.656. The smallest absolute Gasteiger partial charge is 0.297 e. The Kier molecular flexibility index (Phi) is 4.29. The van der Waals surface area contributed by atoms with Crippen LogP contribution in [0.5, 0.6) is 0 Å². The Morgan fingerprint density at radius 3 is 2.73 bits per heavy atom. The number of nitrogens with one attached hydrogen (secondary N) is 1. The van der Waals surface area contributed by atoms with Crippen molar-refractivity contribution in [3.8, 4) is 23.1 Å². The number of nitrogens with zero attached hydrogens (tertiary/aromatic N) is 5. The van der Waals surface area contributed by atoms with Gasteiger partial charge in [0.2, 0.25) is 11.6 Å². The average Bonchev–Trinajstić information content (AvgIpc) is 3.31. The molecule has 1 saturated heterocycles. The van der Waals surface area contributed by atoms with Crippen LogP contribution < -0.4 is 5.32 Å². The van der Waals surface area contributed by atoms with Gasteiger partial charge in [0.25, 0.3) is 5.89 Å². The van der Waals surface area contributed by atoms with Gasteiger partial charge in [-0.15, -0.1) is 5.10 Å². The molecule has 0 saturated carbocycles. The van der Waals surface area contributed by atoms with Crippen LogP contribution in [-0.2, 0) is 9.84 Å². The molecular formula is C16H18N6O3S. The van der Waals surface area contributed by atoms with Crippen molar-refractivity contribution < 1.29 is 12.9 Å². The summed E-state index contributed by atoms with van der Waals surface area (Å²) in [5, 5.41) is 11.7. The summed E-state index contributed by atoms with van der Waals surface area (Å²) >= 11 is 0. The van der Waals surface area contributed by atoms with Gasteiger partial charge < -0.3 is 9.84 Å². The van der Waals surface area contributed by atoms with Gasteiger partial charge in [-0.05, 0) is 43.7 Å². The molecule has 0 bridgehead atoms. The van der Waals surface area contributed by atoms with Crippen LogP contribution in [0.2, 0.25) is 0 Å². The summed E-state index contributed by atoms with van der Waals surface area (Å²) in [6.07, 6.45) is 5.00. The molecule has 1 aromatic carbocycles. The maximum absolute atomic E-state index is 11.5. The van der Waals surface area contributed by atoms with Crippen LogP contribution in [0.4, 0.5) is 0 Å². The second-order valence-corrected chi connectivity index (χ2v) is 8.28. The zero-order valence-corrected chi connectivity index (χ0v) is 15.0. The highest BCUT2D eigenvalue weighted by atomic mass is 32.2. The quantitative estimate of drug-likeness (QED) is 0.727. The fourth-order valence-corrected chi connectivity index (χ4v) is 3.52. The summed E-state index contributed by atoms with van der Waals surface area (Å²) in [5.74, 6) is 0.965. The monoisotopic (exact) mass is 374 g/mol. The first-order chi connectivity index (χ1) is 12.5. The molecule has 1 unspecified atom stereocenters. The van der Waals surface area contributed by atoms with Crippen molar-refractivity contribution in [1.82, 2.24) is 30.2 Å². The Hall–Kier alpha value is -2.59. The molecular weight excluding hydrogens is 356 g/mol. The number of hydrogen-bond acceptors (Lipinski definition) is 8. The van der Waals surface area contributed by atoms with Crippen LogP contribution in [-0.4, -0.2) is 52.7 Å². The first-order valence-electron chi connectivity index (χ1n) is 8.27. The molecule has 26 heavy (non-hydrogen) atoms. The highest BCUT2D eigenvalue weighted by molar-refractivity contribution is 7.90. The highest BCUT2D eigenvalue weighted by Gasteiger charge is 2.19. The molecule has 136 valence electrons. The molecule has 1 N–H and O–H groups in total. The first kappa shape index (κ1) is 16.9. The molecule has 1 fully saturated rings. The van der Waals surface area contributed by atoms with Gasteiger partial charge in [-0.2, -0.15) is 4.98 Å². The number of piperidine rings is 1. The van der Waals surface area contributed by atoms with E-state index in [4.69, 9.17) is 4.52 Å². The van der Waals surface area contributed by atoms with Gasteiger partial charge >= 0.3 is 0 Å². The highest BCUT2D eigenvalue weighted by Crippen LogP contribution is 2.22. The minimum absolute atomic E-state index is 0.231. The van der Waals surface area contributed by atoms with Crippen molar-refractivity contribution in [3.05, 3.63) is 30.6 Å². The zero-order valence-electron chi connectivity index (χ0n) is 14.2. The fraction of sp³-hybridized carbons (Fsp3) is 0.375. The molecule has 0 radical (unpaired) electrons. The Bertz CT molecular complexity index is 1000. The number of benzene rings is 1. The third-order valence-electron chi connectivity index (χ3n) is 4.31. The Morgan fingerprint density at radius 2 is 2.04 bits per heavy atom. The molecule has 0 amide bonds. The Labute approximate surface area is 150 Å². The Morgan fingerprint density at radius 1 is 1.23 bits per heavy atom. The van der Waals surface area contributed by atoms with Crippen molar-refractivity contribution in [3.63, 3.8) is 0 Å². The van der Waals surface area contributed by atoms with Gasteiger partial charge in [-0.3, -0.25) is 0 Å². The van der Waals surface area contributed by atoms with Crippen LogP contribution in [0.15, 0.2) is 40.0 Å². The molecule has 9 nitrogen and oxygen atoms in total. The molecule has 2 aromatic heterocycles. The van der Waals surface area contributed by atoms with E-state index in [2.05, 4.69) is 25.5 Å². The third-order valence-corrected chi connectivity index (χ3v) is 5.44. The van der Waals surface area contributed by atoms with Crippen LogP contribution in [0, 0.1) is 0 Å². The first-order valence-corrected chi connectivity index (χ1v) is 10.2. The molecule has 0 aliphatic carbocycles. The molecule has 1 aliphatic heterocycles. The van der Waals surface area contributed by atoms with E-state index in [9.17, 15) is 8.42 Å². The van der Waals surface area contributed by atoms with Crippen molar-refractivity contribution in [1.29, 1.82) is 0 Å². The van der Waals surface area contributed by atoms with Gasteiger partial charge in [0.05, 0.1) is 10.9 Å². The zero-order chi connectivity index (χ0) is 18.1. The van der Waals surface area contributed by atoms with Crippen molar-refractivity contribution in [2.24, 2.45) is 0 Å². The van der Waals surface area contributed by atoms with Gasteiger partial charge in [0.1, 0.15) is 6.33 Å². The van der Waals surface area contributed by atoms with Crippen molar-refractivity contribution in [2.45, 2.75) is 23.8 Å². The largest absolute Gasteiger partial charge is 0.330 e. The molecule has 1 aliphatic rings. The SMILES string of the molecule is CS(=O)(=O)c1ccc(-c2noc(-c3ncn(C4CCCNC4)n3)n2)cc1. The minimum Gasteiger partial charge on any atom is -0.330 e. The summed E-state index contributed by atoms with van der Waals surface area (Å²) in [4.78, 5) is 8.83. The molecule has 1 atom stereocenters. The number of sulfone groups is 1. The minimum atomic E-state index is -3.24. The second-order valence-electron chi connectivity index (χ2n) is 6.27. The lowest BCUT2D eigenvalue weighted by atomic mass is 10.1. The summed E-state index contributed by atoms with van der Waals surface area (Å²) < 4.78 is 30.2. The number of hydrogen-bond donors (Lipinski definition) is 1. The van der Waals surface area contributed by atoms with E-state index < -0.39 is 9.84 Å². The molecule has 10 heteroatoms. The average molecular weight is 374 g/mol. The van der Waals surface area contributed by atoms with E-state index in [1.807, 2.05) is 4.68 Å².